The number of anilines is 1. The highest BCUT2D eigenvalue weighted by atomic mass is 35.5. The molecule has 8 nitrogen and oxygen atoms in total. The largest absolute Gasteiger partial charge is 0.508 e. The van der Waals surface area contributed by atoms with Gasteiger partial charge in [0, 0.05) is 68.4 Å². The number of amides is 3. The maximum absolute atomic E-state index is 15.3. The number of rotatable bonds is 9. The molecule has 7 rings (SSSR count). The molecule has 0 radical (unpaired) electrons. The summed E-state index contributed by atoms with van der Waals surface area (Å²) in [5, 5.41) is 12.3. The first-order valence-corrected chi connectivity index (χ1v) is 17.5. The third-order valence-electron chi connectivity index (χ3n) is 9.90. The van der Waals surface area contributed by atoms with E-state index in [1.165, 1.54) is 11.0 Å². The first-order valence-electron chi connectivity index (χ1n) is 17.0. The number of nitrogens with one attached hydrogen (secondary N) is 1. The van der Waals surface area contributed by atoms with Crippen LogP contribution in [0, 0.1) is 5.82 Å². The van der Waals surface area contributed by atoms with Gasteiger partial charge in [-0.05, 0) is 82.6 Å². The third kappa shape index (κ3) is 6.88. The summed E-state index contributed by atoms with van der Waals surface area (Å²) in [5.41, 5.74) is 8.00. The van der Waals surface area contributed by atoms with Gasteiger partial charge in [0.05, 0.1) is 0 Å². The van der Waals surface area contributed by atoms with Crippen LogP contribution in [0.1, 0.15) is 57.4 Å². The molecule has 4 aromatic rings. The first-order chi connectivity index (χ1) is 24.3. The molecule has 256 valence electrons. The summed E-state index contributed by atoms with van der Waals surface area (Å²) in [4.78, 5) is 43.1. The van der Waals surface area contributed by atoms with Crippen molar-refractivity contribution in [2.75, 3.05) is 37.0 Å². The summed E-state index contributed by atoms with van der Waals surface area (Å²) < 4.78 is 15.3. The highest BCUT2D eigenvalue weighted by molar-refractivity contribution is 6.18. The number of aromatic hydroxyl groups is 1. The zero-order valence-corrected chi connectivity index (χ0v) is 28.3. The number of nitrogens with zero attached hydrogens (tertiary/aromatic N) is 3. The fourth-order valence-corrected chi connectivity index (χ4v) is 7.49. The molecule has 0 saturated carbocycles. The van der Waals surface area contributed by atoms with Crippen LogP contribution in [0.4, 0.5) is 10.1 Å². The van der Waals surface area contributed by atoms with Crippen molar-refractivity contribution < 1.29 is 23.9 Å². The van der Waals surface area contributed by atoms with E-state index in [1.54, 1.807) is 18.2 Å². The molecule has 3 aliphatic heterocycles. The van der Waals surface area contributed by atoms with Crippen molar-refractivity contribution in [1.82, 2.24) is 15.1 Å². The fraction of sp³-hybridized carbons (Fsp3) is 0.275. The molecule has 1 atom stereocenters. The van der Waals surface area contributed by atoms with Gasteiger partial charge in [-0.15, -0.1) is 11.6 Å². The van der Waals surface area contributed by atoms with Crippen LogP contribution in [0.2, 0.25) is 0 Å². The predicted molar refractivity (Wildman–Crippen MR) is 192 cm³/mol. The van der Waals surface area contributed by atoms with Crippen molar-refractivity contribution in [3.05, 3.63) is 130 Å². The Morgan fingerprint density at radius 2 is 1.54 bits per heavy atom. The van der Waals surface area contributed by atoms with Crippen LogP contribution in [-0.4, -0.2) is 70.7 Å². The van der Waals surface area contributed by atoms with Gasteiger partial charge < -0.3 is 14.9 Å². The van der Waals surface area contributed by atoms with Crippen molar-refractivity contribution >= 4 is 46.2 Å². The van der Waals surface area contributed by atoms with Crippen LogP contribution in [0.5, 0.6) is 5.75 Å². The predicted octanol–water partition coefficient (Wildman–Crippen LogP) is 6.20. The minimum Gasteiger partial charge on any atom is -0.508 e. The second kappa shape index (κ2) is 14.5. The molecule has 50 heavy (non-hydrogen) atoms. The lowest BCUT2D eigenvalue weighted by Crippen LogP contribution is -2.52. The lowest BCUT2D eigenvalue weighted by molar-refractivity contribution is -0.136. The molecule has 1 unspecified atom stereocenters. The van der Waals surface area contributed by atoms with Crippen molar-refractivity contribution in [3.8, 4) is 5.75 Å². The smallest absolute Gasteiger partial charge is 0.255 e. The van der Waals surface area contributed by atoms with Gasteiger partial charge in [-0.25, -0.2) is 4.39 Å². The number of hydrogen-bond donors (Lipinski definition) is 2. The molecule has 0 bridgehead atoms. The SMILES string of the molecule is O=C1CCC(N2Cc3cc(CN4CCN(c5ccc(/C(=C(/CCCl)c6ccccc6)c6ccc(O)cc6)cc5)CC4)c(F)cc3C2=O)C(=O)N1. The van der Waals surface area contributed by atoms with Crippen LogP contribution < -0.4 is 10.2 Å². The van der Waals surface area contributed by atoms with Gasteiger partial charge in [0.2, 0.25) is 11.8 Å². The Hall–Kier alpha value is -4.99. The van der Waals surface area contributed by atoms with E-state index in [9.17, 15) is 19.5 Å². The van der Waals surface area contributed by atoms with Crippen molar-refractivity contribution in [1.29, 1.82) is 0 Å². The second-order valence-corrected chi connectivity index (χ2v) is 13.4. The number of carbonyl (C=O) groups excluding carboxylic acids is 3. The summed E-state index contributed by atoms with van der Waals surface area (Å²) in [6.07, 6.45) is 1.13. The number of hydrogen-bond acceptors (Lipinski definition) is 6. The topological polar surface area (TPSA) is 93.2 Å². The molecule has 0 aliphatic carbocycles. The van der Waals surface area contributed by atoms with Crippen molar-refractivity contribution in [2.45, 2.75) is 38.4 Å². The summed E-state index contributed by atoms with van der Waals surface area (Å²) in [6, 6.07) is 28.4. The number of piperazine rings is 1. The Kier molecular flexibility index (Phi) is 9.70. The summed E-state index contributed by atoms with van der Waals surface area (Å²) in [6.45, 7) is 3.67. The van der Waals surface area contributed by atoms with Gasteiger partial charge in [0.25, 0.3) is 5.91 Å². The molecule has 3 aliphatic rings. The summed E-state index contributed by atoms with van der Waals surface area (Å²) in [7, 11) is 0. The fourth-order valence-electron chi connectivity index (χ4n) is 7.30. The normalized spacial score (nSPS) is 18.6. The van der Waals surface area contributed by atoms with Gasteiger partial charge in [-0.2, -0.15) is 0 Å². The summed E-state index contributed by atoms with van der Waals surface area (Å²) in [5.74, 6) is -0.932. The zero-order chi connectivity index (χ0) is 34.8. The molecule has 2 saturated heterocycles. The number of phenolic OH excluding ortho intramolecular Hbond substituents is 1. The van der Waals surface area contributed by atoms with E-state index >= 15 is 4.39 Å². The lowest BCUT2D eigenvalue weighted by Gasteiger charge is -2.36. The standard InChI is InChI=1S/C40H38ClFN4O4/c41-17-16-33(26-4-2-1-3-5-26)38(28-8-12-32(47)13-9-28)27-6-10-31(11-7-27)45-20-18-44(19-21-45)24-30-22-29-25-46(40(50)34(29)23-35(30)42)36-14-15-37(48)43-39(36)49/h1-13,22-23,36,47H,14-21,24-25H2,(H,43,48,49)/b38-33+. The number of benzene rings is 4. The van der Waals surface area contributed by atoms with E-state index in [1.807, 2.05) is 30.3 Å². The van der Waals surface area contributed by atoms with E-state index in [-0.39, 0.29) is 42.5 Å². The molecular weight excluding hydrogens is 655 g/mol. The Bertz CT molecular complexity index is 1940. The van der Waals surface area contributed by atoms with E-state index < -0.39 is 17.8 Å². The second-order valence-electron chi connectivity index (χ2n) is 13.0. The number of phenols is 1. The third-order valence-corrected chi connectivity index (χ3v) is 10.1. The van der Waals surface area contributed by atoms with Crippen LogP contribution in [0.15, 0.2) is 91.0 Å². The number of allylic oxidation sites excluding steroid dienone is 1. The number of carbonyl (C=O) groups is 3. The molecule has 10 heteroatoms. The van der Waals surface area contributed by atoms with E-state index in [2.05, 4.69) is 51.5 Å². The number of alkyl halides is 1. The molecule has 0 spiro atoms. The minimum atomic E-state index is -0.728. The monoisotopic (exact) mass is 692 g/mol. The van der Waals surface area contributed by atoms with E-state index in [0.29, 0.717) is 30.0 Å². The maximum Gasteiger partial charge on any atom is 0.255 e. The van der Waals surface area contributed by atoms with E-state index in [4.69, 9.17) is 11.6 Å². The number of piperidine rings is 1. The molecule has 3 heterocycles. The van der Waals surface area contributed by atoms with Crippen molar-refractivity contribution in [3.63, 3.8) is 0 Å². The van der Waals surface area contributed by atoms with Crippen LogP contribution >= 0.6 is 11.6 Å². The Balaban J connectivity index is 1.04. The summed E-state index contributed by atoms with van der Waals surface area (Å²) >= 11 is 6.32. The van der Waals surface area contributed by atoms with Crippen LogP contribution in [0.3, 0.4) is 0 Å². The quantitative estimate of drug-likeness (QED) is 0.123. The molecule has 3 amide bonds. The average Bonchev–Trinajstić information content (AvgIpc) is 3.44. The Morgan fingerprint density at radius 1 is 0.860 bits per heavy atom. The minimum absolute atomic E-state index is 0.175. The van der Waals surface area contributed by atoms with E-state index in [0.717, 1.165) is 59.7 Å². The van der Waals surface area contributed by atoms with Gasteiger partial charge in [-0.3, -0.25) is 24.6 Å². The average molecular weight is 693 g/mol. The molecule has 2 fully saturated rings. The zero-order valence-electron chi connectivity index (χ0n) is 27.6. The van der Waals surface area contributed by atoms with Gasteiger partial charge >= 0.3 is 0 Å². The molecular formula is C40H38ClFN4O4. The van der Waals surface area contributed by atoms with Crippen LogP contribution in [0.25, 0.3) is 11.1 Å². The lowest BCUT2D eigenvalue weighted by atomic mass is 9.88. The number of halogens is 2. The van der Waals surface area contributed by atoms with Crippen molar-refractivity contribution in [2.24, 2.45) is 0 Å². The molecule has 0 aromatic heterocycles. The highest BCUT2D eigenvalue weighted by Gasteiger charge is 2.39. The Labute approximate surface area is 295 Å². The van der Waals surface area contributed by atoms with Gasteiger partial charge in [0.15, 0.2) is 0 Å². The Morgan fingerprint density at radius 3 is 2.20 bits per heavy atom. The van der Waals surface area contributed by atoms with Gasteiger partial charge in [0.1, 0.15) is 17.6 Å². The molecule has 4 aromatic carbocycles. The maximum atomic E-state index is 15.3. The van der Waals surface area contributed by atoms with Crippen LogP contribution in [-0.2, 0) is 22.7 Å². The number of imide groups is 1. The first kappa shape index (κ1) is 33.5. The highest BCUT2D eigenvalue weighted by Crippen LogP contribution is 2.36. The number of fused-ring (bicyclic) bond motifs is 1. The van der Waals surface area contributed by atoms with Gasteiger partial charge in [-0.1, -0.05) is 54.6 Å². The molecule has 2 N–H and O–H groups in total.